The van der Waals surface area contributed by atoms with Crippen LogP contribution in [-0.2, 0) is 6.54 Å². The molecule has 0 radical (unpaired) electrons. The maximum absolute atomic E-state index is 6.18. The predicted molar refractivity (Wildman–Crippen MR) is 92.3 cm³/mol. The minimum atomic E-state index is 0.587. The van der Waals surface area contributed by atoms with E-state index in [2.05, 4.69) is 20.3 Å². The monoisotopic (exact) mass is 326 g/mol. The van der Waals surface area contributed by atoms with Gasteiger partial charge in [0.05, 0.1) is 6.33 Å². The first-order valence-corrected chi connectivity index (χ1v) is 8.17. The van der Waals surface area contributed by atoms with Crippen molar-refractivity contribution in [3.63, 3.8) is 0 Å². The maximum atomic E-state index is 6.18. The van der Waals surface area contributed by atoms with Gasteiger partial charge in [-0.1, -0.05) is 30.0 Å². The predicted octanol–water partition coefficient (Wildman–Crippen LogP) is 2.91. The summed E-state index contributed by atoms with van der Waals surface area (Å²) in [5.74, 6) is 0.684. The fourth-order valence-electron chi connectivity index (χ4n) is 2.09. The highest BCUT2D eigenvalue weighted by atomic mass is 32.2. The van der Waals surface area contributed by atoms with Gasteiger partial charge < -0.3 is 15.6 Å². The number of nitrogens with two attached hydrogens (primary N) is 1. The van der Waals surface area contributed by atoms with Gasteiger partial charge >= 0.3 is 0 Å². The summed E-state index contributed by atoms with van der Waals surface area (Å²) in [6.07, 6.45) is 8.05. The van der Waals surface area contributed by atoms with Crippen LogP contribution in [0.3, 0.4) is 0 Å². The highest BCUT2D eigenvalue weighted by Gasteiger charge is 2.09. The normalized spacial score (nSPS) is 10.6. The van der Waals surface area contributed by atoms with Crippen LogP contribution in [0.2, 0.25) is 0 Å². The minimum Gasteiger partial charge on any atom is -0.394 e. The molecule has 0 aliphatic carbocycles. The molecule has 2 aromatic heterocycles. The Hall–Kier alpha value is -2.54. The number of nitrogen functional groups attached to an aromatic ring is 1. The molecule has 2 heterocycles. The number of aromatic nitrogens is 4. The van der Waals surface area contributed by atoms with Crippen LogP contribution in [0.1, 0.15) is 6.42 Å². The van der Waals surface area contributed by atoms with Crippen molar-refractivity contribution in [1.29, 1.82) is 0 Å². The van der Waals surface area contributed by atoms with Crippen molar-refractivity contribution in [2.45, 2.75) is 22.9 Å². The fraction of sp³-hybridized carbons (Fsp3) is 0.188. The van der Waals surface area contributed by atoms with Gasteiger partial charge in [-0.3, -0.25) is 0 Å². The average Bonchev–Trinajstić information content (AvgIpc) is 3.09. The quantitative estimate of drug-likeness (QED) is 0.513. The van der Waals surface area contributed by atoms with Crippen LogP contribution < -0.4 is 11.1 Å². The molecule has 6 nitrogen and oxygen atoms in total. The Morgan fingerprint density at radius 3 is 2.83 bits per heavy atom. The Labute approximate surface area is 139 Å². The van der Waals surface area contributed by atoms with Gasteiger partial charge in [-0.15, -0.1) is 0 Å². The molecule has 7 heteroatoms. The molecular formula is C16H18N6S. The molecule has 3 rings (SSSR count). The molecule has 0 atom stereocenters. The zero-order valence-electron chi connectivity index (χ0n) is 12.6. The Kier molecular flexibility index (Phi) is 5.10. The number of hydrogen-bond acceptors (Lipinski definition) is 6. The van der Waals surface area contributed by atoms with E-state index in [0.717, 1.165) is 29.4 Å². The summed E-state index contributed by atoms with van der Waals surface area (Å²) in [6.45, 7) is 1.69. The minimum absolute atomic E-state index is 0.587. The summed E-state index contributed by atoms with van der Waals surface area (Å²) in [4.78, 5) is 13.6. The van der Waals surface area contributed by atoms with Crippen molar-refractivity contribution < 1.29 is 0 Å². The van der Waals surface area contributed by atoms with Crippen molar-refractivity contribution in [1.82, 2.24) is 19.5 Å². The molecule has 23 heavy (non-hydrogen) atoms. The first kappa shape index (κ1) is 15.4. The van der Waals surface area contributed by atoms with Gasteiger partial charge in [-0.05, 0) is 18.6 Å². The fourth-order valence-corrected chi connectivity index (χ4v) is 2.91. The molecule has 0 saturated heterocycles. The van der Waals surface area contributed by atoms with E-state index in [1.165, 1.54) is 11.8 Å². The van der Waals surface area contributed by atoms with E-state index in [9.17, 15) is 0 Å². The third-order valence-electron chi connectivity index (χ3n) is 3.25. The molecule has 118 valence electrons. The summed E-state index contributed by atoms with van der Waals surface area (Å²) >= 11 is 1.54. The first-order chi connectivity index (χ1) is 11.3. The summed E-state index contributed by atoms with van der Waals surface area (Å²) in [5.41, 5.74) is 6.77. The van der Waals surface area contributed by atoms with Gasteiger partial charge in [0.15, 0.2) is 5.82 Å². The summed E-state index contributed by atoms with van der Waals surface area (Å²) in [6, 6.07) is 10.0. The van der Waals surface area contributed by atoms with Crippen molar-refractivity contribution >= 4 is 23.3 Å². The maximum Gasteiger partial charge on any atom is 0.153 e. The topological polar surface area (TPSA) is 81.6 Å². The summed E-state index contributed by atoms with van der Waals surface area (Å²) in [5, 5.41) is 4.05. The lowest BCUT2D eigenvalue weighted by Crippen LogP contribution is -2.09. The molecule has 0 spiro atoms. The van der Waals surface area contributed by atoms with Gasteiger partial charge in [0, 0.05) is 30.4 Å². The molecule has 0 bridgehead atoms. The second-order valence-corrected chi connectivity index (χ2v) is 6.00. The highest BCUT2D eigenvalue weighted by molar-refractivity contribution is 7.99. The molecule has 0 amide bonds. The van der Waals surface area contributed by atoms with Gasteiger partial charge in [0.25, 0.3) is 0 Å². The van der Waals surface area contributed by atoms with E-state index in [4.69, 9.17) is 5.73 Å². The molecule has 0 fully saturated rings. The molecule has 3 aromatic rings. The second-order valence-electron chi connectivity index (χ2n) is 4.94. The number of hydrogen-bond donors (Lipinski definition) is 2. The van der Waals surface area contributed by atoms with Crippen LogP contribution in [0, 0.1) is 0 Å². The van der Waals surface area contributed by atoms with E-state index in [1.807, 2.05) is 47.4 Å². The van der Waals surface area contributed by atoms with E-state index in [-0.39, 0.29) is 0 Å². The van der Waals surface area contributed by atoms with Crippen LogP contribution in [0.25, 0.3) is 0 Å². The van der Waals surface area contributed by atoms with Crippen molar-refractivity contribution in [3.05, 3.63) is 55.4 Å². The van der Waals surface area contributed by atoms with Crippen molar-refractivity contribution in [2.75, 3.05) is 17.6 Å². The molecular weight excluding hydrogens is 308 g/mol. The van der Waals surface area contributed by atoms with Crippen molar-refractivity contribution in [3.8, 4) is 0 Å². The standard InChI is InChI=1S/C16H18N6S/c17-14-15(19-7-4-9-22-10-8-18-12-22)20-11-21-16(14)23-13-5-2-1-3-6-13/h1-3,5-6,8,10-12H,4,7,9,17H2,(H,19,20,21). The SMILES string of the molecule is Nc1c(NCCCn2ccnc2)ncnc1Sc1ccccc1. The zero-order valence-corrected chi connectivity index (χ0v) is 13.4. The molecule has 0 aliphatic heterocycles. The third-order valence-corrected chi connectivity index (χ3v) is 4.28. The van der Waals surface area contributed by atoms with Crippen LogP contribution in [0.15, 0.2) is 65.3 Å². The van der Waals surface area contributed by atoms with E-state index >= 15 is 0 Å². The molecule has 1 aromatic carbocycles. The second kappa shape index (κ2) is 7.64. The zero-order chi connectivity index (χ0) is 15.9. The third kappa shape index (κ3) is 4.23. The molecule has 3 N–H and O–H groups in total. The smallest absolute Gasteiger partial charge is 0.153 e. The Balaban J connectivity index is 1.58. The van der Waals surface area contributed by atoms with E-state index in [1.54, 1.807) is 12.5 Å². The molecule has 0 saturated carbocycles. The van der Waals surface area contributed by atoms with Crippen LogP contribution in [-0.4, -0.2) is 26.1 Å². The number of imidazole rings is 1. The van der Waals surface area contributed by atoms with Gasteiger partial charge in [0.2, 0.25) is 0 Å². The average molecular weight is 326 g/mol. The van der Waals surface area contributed by atoms with E-state index in [0.29, 0.717) is 11.5 Å². The first-order valence-electron chi connectivity index (χ1n) is 7.36. The number of anilines is 2. The lowest BCUT2D eigenvalue weighted by Gasteiger charge is -2.11. The van der Waals surface area contributed by atoms with Gasteiger partial charge in [-0.2, -0.15) is 0 Å². The van der Waals surface area contributed by atoms with Crippen LogP contribution >= 0.6 is 11.8 Å². The number of nitrogens with zero attached hydrogens (tertiary/aromatic N) is 4. The van der Waals surface area contributed by atoms with Gasteiger partial charge in [0.1, 0.15) is 17.0 Å². The number of nitrogens with one attached hydrogen (secondary N) is 1. The highest BCUT2D eigenvalue weighted by Crippen LogP contribution is 2.32. The Morgan fingerprint density at radius 1 is 1.17 bits per heavy atom. The van der Waals surface area contributed by atoms with E-state index < -0.39 is 0 Å². The van der Waals surface area contributed by atoms with Crippen LogP contribution in [0.4, 0.5) is 11.5 Å². The lowest BCUT2D eigenvalue weighted by atomic mass is 10.4. The summed E-state index contributed by atoms with van der Waals surface area (Å²) in [7, 11) is 0. The Bertz CT molecular complexity index is 730. The summed E-state index contributed by atoms with van der Waals surface area (Å²) < 4.78 is 2.04. The lowest BCUT2D eigenvalue weighted by molar-refractivity contribution is 0.660. The molecule has 0 unspecified atom stereocenters. The van der Waals surface area contributed by atoms with Crippen LogP contribution in [0.5, 0.6) is 0 Å². The molecule has 0 aliphatic rings. The largest absolute Gasteiger partial charge is 0.394 e. The number of rotatable bonds is 7. The van der Waals surface area contributed by atoms with Crippen molar-refractivity contribution in [2.24, 2.45) is 0 Å². The number of benzene rings is 1. The number of aryl methyl sites for hydroxylation is 1. The Morgan fingerprint density at radius 2 is 2.04 bits per heavy atom. The van der Waals surface area contributed by atoms with Gasteiger partial charge in [-0.25, -0.2) is 15.0 Å².